The molecular weight excluding hydrogens is 454 g/mol. The first-order valence-electron chi connectivity index (χ1n) is 11.5. The first-order chi connectivity index (χ1) is 17.7. The van der Waals surface area contributed by atoms with Crippen LogP contribution in [0.25, 0.3) is 16.9 Å². The maximum absolute atomic E-state index is 12.8. The Balaban J connectivity index is 1.26. The van der Waals surface area contributed by atoms with Crippen LogP contribution in [0, 0.1) is 0 Å². The minimum Gasteiger partial charge on any atom is -0.497 e. The van der Waals surface area contributed by atoms with Gasteiger partial charge in [0.1, 0.15) is 17.2 Å². The third kappa shape index (κ3) is 5.28. The lowest BCUT2D eigenvalue weighted by molar-refractivity contribution is 0.0944. The van der Waals surface area contributed by atoms with E-state index in [-0.39, 0.29) is 12.6 Å². The van der Waals surface area contributed by atoms with Gasteiger partial charge in [0, 0.05) is 30.1 Å². The number of nitrogens with one attached hydrogen (secondary N) is 1. The lowest BCUT2D eigenvalue weighted by Crippen LogP contribution is -2.23. The van der Waals surface area contributed by atoms with Crippen molar-refractivity contribution < 1.29 is 14.3 Å². The molecule has 3 aromatic carbocycles. The zero-order chi connectivity index (χ0) is 24.7. The molecule has 0 aliphatic heterocycles. The van der Waals surface area contributed by atoms with E-state index in [1.165, 1.54) is 0 Å². The second-order valence-electron chi connectivity index (χ2n) is 8.02. The van der Waals surface area contributed by atoms with Crippen molar-refractivity contribution in [2.75, 3.05) is 7.11 Å². The molecule has 8 nitrogen and oxygen atoms in total. The number of aromatic nitrogens is 4. The van der Waals surface area contributed by atoms with Gasteiger partial charge in [-0.2, -0.15) is 10.2 Å². The molecular formula is C28H25N5O3. The molecule has 0 aliphatic carbocycles. The summed E-state index contributed by atoms with van der Waals surface area (Å²) in [6.07, 6.45) is 3.65. The number of nitrogens with zero attached hydrogens (tertiary/aromatic N) is 4. The minimum absolute atomic E-state index is 0.182. The number of carbonyl (C=O) groups excluding carboxylic acids is 1. The van der Waals surface area contributed by atoms with Gasteiger partial charge in [-0.25, -0.2) is 9.36 Å². The first-order valence-corrected chi connectivity index (χ1v) is 11.5. The zero-order valence-corrected chi connectivity index (χ0v) is 19.7. The molecule has 0 spiro atoms. The average Bonchev–Trinajstić information content (AvgIpc) is 3.60. The average molecular weight is 480 g/mol. The van der Waals surface area contributed by atoms with E-state index in [1.54, 1.807) is 24.1 Å². The van der Waals surface area contributed by atoms with Crippen LogP contribution in [0.5, 0.6) is 11.5 Å². The highest BCUT2D eigenvalue weighted by molar-refractivity contribution is 5.92. The number of hydrogen-bond donors (Lipinski definition) is 1. The summed E-state index contributed by atoms with van der Waals surface area (Å²) in [6.45, 7) is 0.493. The third-order valence-corrected chi connectivity index (χ3v) is 5.59. The van der Waals surface area contributed by atoms with Gasteiger partial charge in [-0.1, -0.05) is 48.5 Å². The fraction of sp³-hybridized carbons (Fsp3) is 0.107. The normalized spacial score (nSPS) is 10.7. The van der Waals surface area contributed by atoms with Crippen molar-refractivity contribution in [3.8, 4) is 28.4 Å². The molecule has 8 heteroatoms. The van der Waals surface area contributed by atoms with Crippen LogP contribution in [0.15, 0.2) is 103 Å². The Morgan fingerprint density at radius 1 is 0.861 bits per heavy atom. The van der Waals surface area contributed by atoms with Gasteiger partial charge in [0.15, 0.2) is 6.73 Å². The van der Waals surface area contributed by atoms with Crippen molar-refractivity contribution in [1.82, 2.24) is 24.9 Å². The molecule has 1 amide bonds. The van der Waals surface area contributed by atoms with Crippen LogP contribution in [-0.2, 0) is 13.3 Å². The Morgan fingerprint density at radius 2 is 1.56 bits per heavy atom. The largest absolute Gasteiger partial charge is 0.497 e. The summed E-state index contributed by atoms with van der Waals surface area (Å²) in [6, 6.07) is 28.7. The first kappa shape index (κ1) is 22.9. The molecule has 0 atom stereocenters. The summed E-state index contributed by atoms with van der Waals surface area (Å²) >= 11 is 0. The third-order valence-electron chi connectivity index (χ3n) is 5.59. The Labute approximate surface area is 208 Å². The van der Waals surface area contributed by atoms with E-state index in [0.717, 1.165) is 28.3 Å². The van der Waals surface area contributed by atoms with E-state index >= 15 is 0 Å². The number of carbonyl (C=O) groups is 1. The van der Waals surface area contributed by atoms with Crippen LogP contribution < -0.4 is 14.8 Å². The number of para-hydroxylation sites is 1. The lowest BCUT2D eigenvalue weighted by atomic mass is 10.1. The zero-order valence-electron chi connectivity index (χ0n) is 19.7. The summed E-state index contributed by atoms with van der Waals surface area (Å²) in [5.41, 5.74) is 3.96. The van der Waals surface area contributed by atoms with E-state index in [1.807, 2.05) is 95.8 Å². The second-order valence-corrected chi connectivity index (χ2v) is 8.02. The molecule has 1 N–H and O–H groups in total. The molecule has 2 aromatic heterocycles. The van der Waals surface area contributed by atoms with E-state index in [4.69, 9.17) is 14.6 Å². The molecule has 5 aromatic rings. The summed E-state index contributed by atoms with van der Waals surface area (Å²) in [5, 5.41) is 12.1. The molecule has 0 fully saturated rings. The summed E-state index contributed by atoms with van der Waals surface area (Å²) < 4.78 is 14.3. The summed E-state index contributed by atoms with van der Waals surface area (Å²) in [4.78, 5) is 12.8. The maximum Gasteiger partial charge on any atom is 0.272 e. The number of ether oxygens (including phenoxy) is 2. The van der Waals surface area contributed by atoms with Gasteiger partial charge >= 0.3 is 0 Å². The van der Waals surface area contributed by atoms with Crippen LogP contribution in [0.3, 0.4) is 0 Å². The van der Waals surface area contributed by atoms with Gasteiger partial charge in [-0.05, 0) is 42.5 Å². The Kier molecular flexibility index (Phi) is 6.75. The quantitative estimate of drug-likeness (QED) is 0.331. The van der Waals surface area contributed by atoms with E-state index in [0.29, 0.717) is 18.0 Å². The smallest absolute Gasteiger partial charge is 0.272 e. The van der Waals surface area contributed by atoms with Crippen molar-refractivity contribution in [3.05, 3.63) is 115 Å². The van der Waals surface area contributed by atoms with Crippen molar-refractivity contribution in [2.24, 2.45) is 0 Å². The SMILES string of the molecule is COc1ccc(OCn2ccc(C(=O)NCc3cn(-c4ccccc4)nc3-c3ccccc3)n2)cc1. The van der Waals surface area contributed by atoms with Gasteiger partial charge in [-0.3, -0.25) is 4.79 Å². The van der Waals surface area contributed by atoms with Crippen molar-refractivity contribution in [1.29, 1.82) is 0 Å². The second kappa shape index (κ2) is 10.6. The number of rotatable bonds is 9. The highest BCUT2D eigenvalue weighted by atomic mass is 16.5. The molecule has 36 heavy (non-hydrogen) atoms. The minimum atomic E-state index is -0.273. The lowest BCUT2D eigenvalue weighted by Gasteiger charge is -2.07. The van der Waals surface area contributed by atoms with E-state index < -0.39 is 0 Å². The Hall–Kier alpha value is -4.85. The number of benzene rings is 3. The Bertz CT molecular complexity index is 1430. The van der Waals surface area contributed by atoms with Crippen LogP contribution in [0.1, 0.15) is 16.1 Å². The van der Waals surface area contributed by atoms with Gasteiger partial charge in [0.25, 0.3) is 5.91 Å². The van der Waals surface area contributed by atoms with E-state index in [2.05, 4.69) is 10.4 Å². The summed E-state index contributed by atoms with van der Waals surface area (Å²) in [7, 11) is 1.62. The van der Waals surface area contributed by atoms with Gasteiger partial charge in [0.05, 0.1) is 18.5 Å². The van der Waals surface area contributed by atoms with Crippen LogP contribution in [0.4, 0.5) is 0 Å². The predicted molar refractivity (Wildman–Crippen MR) is 136 cm³/mol. The molecule has 180 valence electrons. The van der Waals surface area contributed by atoms with Gasteiger partial charge in [0.2, 0.25) is 0 Å². The summed E-state index contributed by atoms with van der Waals surface area (Å²) in [5.74, 6) is 1.16. The van der Waals surface area contributed by atoms with Gasteiger partial charge < -0.3 is 14.8 Å². The molecule has 2 heterocycles. The predicted octanol–water partition coefficient (Wildman–Crippen LogP) is 4.71. The fourth-order valence-electron chi connectivity index (χ4n) is 3.72. The molecule has 0 radical (unpaired) electrons. The van der Waals surface area contributed by atoms with Crippen molar-refractivity contribution in [3.63, 3.8) is 0 Å². The standard InChI is InChI=1S/C28H25N5O3/c1-35-24-12-14-25(15-13-24)36-20-32-17-16-26(30-32)28(34)29-18-22-19-33(23-10-6-3-7-11-23)31-27(22)21-8-4-2-5-9-21/h2-17,19H,18,20H2,1H3,(H,29,34). The van der Waals surface area contributed by atoms with Crippen LogP contribution in [0.2, 0.25) is 0 Å². The maximum atomic E-state index is 12.8. The van der Waals surface area contributed by atoms with E-state index in [9.17, 15) is 4.79 Å². The molecule has 0 bridgehead atoms. The van der Waals surface area contributed by atoms with Crippen molar-refractivity contribution >= 4 is 5.91 Å². The topological polar surface area (TPSA) is 83.2 Å². The highest BCUT2D eigenvalue weighted by Crippen LogP contribution is 2.24. The van der Waals surface area contributed by atoms with Crippen LogP contribution >= 0.6 is 0 Å². The molecule has 0 saturated carbocycles. The molecule has 0 aliphatic rings. The number of amides is 1. The number of methoxy groups -OCH3 is 1. The fourth-order valence-corrected chi connectivity index (χ4v) is 3.72. The molecule has 5 rings (SSSR count). The monoisotopic (exact) mass is 479 g/mol. The highest BCUT2D eigenvalue weighted by Gasteiger charge is 2.15. The molecule has 0 saturated heterocycles. The van der Waals surface area contributed by atoms with Crippen LogP contribution in [-0.4, -0.2) is 32.6 Å². The van der Waals surface area contributed by atoms with Crippen molar-refractivity contribution in [2.45, 2.75) is 13.3 Å². The number of hydrogen-bond acceptors (Lipinski definition) is 5. The van der Waals surface area contributed by atoms with Gasteiger partial charge in [-0.15, -0.1) is 0 Å². The molecule has 0 unspecified atom stereocenters. The Morgan fingerprint density at radius 3 is 2.28 bits per heavy atom.